The van der Waals surface area contributed by atoms with Crippen molar-refractivity contribution in [2.24, 2.45) is 0 Å². The van der Waals surface area contributed by atoms with Gasteiger partial charge in [0.05, 0.1) is 11.2 Å². The first-order chi connectivity index (χ1) is 12.9. The van der Waals surface area contributed by atoms with Crippen LogP contribution in [0.3, 0.4) is 0 Å². The van der Waals surface area contributed by atoms with Gasteiger partial charge >= 0.3 is 0 Å². The van der Waals surface area contributed by atoms with Gasteiger partial charge in [-0.2, -0.15) is 4.31 Å². The second-order valence-electron chi connectivity index (χ2n) is 5.62. The molecule has 1 fully saturated rings. The number of nitrogens with one attached hydrogen (secondary N) is 1. The number of benzene rings is 1. The third-order valence-corrected chi connectivity index (χ3v) is 7.55. The number of carbonyl (C=O) groups excluding carboxylic acids is 2. The monoisotopic (exact) mass is 430 g/mol. The molecule has 1 saturated heterocycles. The average molecular weight is 431 g/mol. The van der Waals surface area contributed by atoms with Gasteiger partial charge in [0.1, 0.15) is 9.77 Å². The molecule has 1 amide bonds. The highest BCUT2D eigenvalue weighted by molar-refractivity contribution is 7.89. The quantitative estimate of drug-likeness (QED) is 0.416. The zero-order chi connectivity index (χ0) is 19.6. The number of hydrogen-bond donors (Lipinski definition) is 2. The van der Waals surface area contributed by atoms with E-state index in [2.05, 4.69) is 4.98 Å². The summed E-state index contributed by atoms with van der Waals surface area (Å²) in [6, 6.07) is 4.36. The van der Waals surface area contributed by atoms with Gasteiger partial charge in [-0.05, 0) is 6.07 Å². The van der Waals surface area contributed by atoms with Crippen LogP contribution < -0.4 is 10.4 Å². The largest absolute Gasteiger partial charge is 0.345 e. The molecule has 1 aliphatic heterocycles. The predicted molar refractivity (Wildman–Crippen MR) is 99.2 cm³/mol. The van der Waals surface area contributed by atoms with Crippen LogP contribution in [0, 0.1) is 0 Å². The maximum atomic E-state index is 12.9. The van der Waals surface area contributed by atoms with Crippen LogP contribution in [0.1, 0.15) is 20.0 Å². The van der Waals surface area contributed by atoms with E-state index in [-0.39, 0.29) is 33.4 Å². The van der Waals surface area contributed by atoms with E-state index in [9.17, 15) is 18.0 Å². The van der Waals surface area contributed by atoms with E-state index in [4.69, 9.17) is 16.8 Å². The standard InChI is InChI=1S/C15H15ClN4O5S2/c16-11-3-1-2-10(9-21)13(11)27(24,25)20-6-4-19(5-7-20)15-17-8-12(26-15)14(22)18-23/h1-3,8-9,23H,4-7H2,(H,18,22). The van der Waals surface area contributed by atoms with Crippen LogP contribution in [0.2, 0.25) is 5.02 Å². The van der Waals surface area contributed by atoms with E-state index in [0.717, 1.165) is 11.3 Å². The fraction of sp³-hybridized carbons (Fsp3) is 0.267. The summed E-state index contributed by atoms with van der Waals surface area (Å²) in [5.41, 5.74) is 1.56. The Morgan fingerprint density at radius 2 is 2.00 bits per heavy atom. The normalized spacial score (nSPS) is 15.6. The van der Waals surface area contributed by atoms with Crippen molar-refractivity contribution in [3.8, 4) is 0 Å². The molecule has 0 spiro atoms. The van der Waals surface area contributed by atoms with Crippen molar-refractivity contribution in [2.75, 3.05) is 31.1 Å². The topological polar surface area (TPSA) is 120 Å². The smallest absolute Gasteiger partial charge is 0.286 e. The third kappa shape index (κ3) is 3.82. The molecule has 0 radical (unpaired) electrons. The molecule has 0 unspecified atom stereocenters. The second-order valence-corrected chi connectivity index (χ2v) is 8.91. The summed E-state index contributed by atoms with van der Waals surface area (Å²) in [5.74, 6) is -0.653. The second kappa shape index (κ2) is 7.90. The number of aldehydes is 1. The summed E-state index contributed by atoms with van der Waals surface area (Å²) >= 11 is 7.13. The van der Waals surface area contributed by atoms with Crippen LogP contribution in [0.5, 0.6) is 0 Å². The van der Waals surface area contributed by atoms with Crippen molar-refractivity contribution in [2.45, 2.75) is 4.90 Å². The molecule has 0 atom stereocenters. The Kier molecular flexibility index (Phi) is 5.77. The Hall–Kier alpha value is -2.05. The molecule has 12 heteroatoms. The minimum absolute atomic E-state index is 0.00149. The molecule has 3 rings (SSSR count). The number of anilines is 1. The maximum absolute atomic E-state index is 12.9. The first kappa shape index (κ1) is 19.7. The van der Waals surface area contributed by atoms with Gasteiger partial charge in [-0.3, -0.25) is 14.8 Å². The van der Waals surface area contributed by atoms with E-state index >= 15 is 0 Å². The summed E-state index contributed by atoms with van der Waals surface area (Å²) in [4.78, 5) is 28.7. The van der Waals surface area contributed by atoms with Crippen molar-refractivity contribution in [1.29, 1.82) is 0 Å². The zero-order valence-corrected chi connectivity index (χ0v) is 16.2. The first-order valence-electron chi connectivity index (χ1n) is 7.77. The highest BCUT2D eigenvalue weighted by atomic mass is 35.5. The number of rotatable bonds is 5. The summed E-state index contributed by atoms with van der Waals surface area (Å²) in [6.07, 6.45) is 1.81. The molecular weight excluding hydrogens is 416 g/mol. The molecule has 1 aromatic heterocycles. The molecule has 2 aromatic rings. The van der Waals surface area contributed by atoms with Crippen LogP contribution in [-0.2, 0) is 10.0 Å². The Morgan fingerprint density at radius 1 is 1.30 bits per heavy atom. The van der Waals surface area contributed by atoms with E-state index < -0.39 is 15.9 Å². The van der Waals surface area contributed by atoms with E-state index in [1.54, 1.807) is 5.48 Å². The predicted octanol–water partition coefficient (Wildman–Crippen LogP) is 1.24. The molecular formula is C15H15ClN4O5S2. The summed E-state index contributed by atoms with van der Waals surface area (Å²) < 4.78 is 27.1. The molecule has 2 N–H and O–H groups in total. The lowest BCUT2D eigenvalue weighted by Gasteiger charge is -2.34. The molecule has 27 heavy (non-hydrogen) atoms. The van der Waals surface area contributed by atoms with Crippen molar-refractivity contribution in [3.05, 3.63) is 39.9 Å². The minimum Gasteiger partial charge on any atom is -0.345 e. The van der Waals surface area contributed by atoms with E-state index in [1.165, 1.54) is 28.7 Å². The van der Waals surface area contributed by atoms with Crippen LogP contribution >= 0.6 is 22.9 Å². The minimum atomic E-state index is -3.92. The molecule has 2 heterocycles. The summed E-state index contributed by atoms with van der Waals surface area (Å²) in [5, 5.41) is 9.22. The first-order valence-corrected chi connectivity index (χ1v) is 10.4. The number of thiazole rings is 1. The van der Waals surface area contributed by atoms with Gasteiger partial charge in [0.15, 0.2) is 11.4 Å². The van der Waals surface area contributed by atoms with Gasteiger partial charge in [0.2, 0.25) is 10.0 Å². The number of piperazine rings is 1. The lowest BCUT2D eigenvalue weighted by Crippen LogP contribution is -2.48. The summed E-state index contributed by atoms with van der Waals surface area (Å²) in [7, 11) is -3.92. The van der Waals surface area contributed by atoms with Gasteiger partial charge in [0, 0.05) is 31.7 Å². The van der Waals surface area contributed by atoms with Gasteiger partial charge in [-0.15, -0.1) is 0 Å². The SMILES string of the molecule is O=Cc1cccc(Cl)c1S(=O)(=O)N1CCN(c2ncc(C(=O)NO)s2)CC1. The number of halogens is 1. The molecule has 9 nitrogen and oxygen atoms in total. The van der Waals surface area contributed by atoms with Crippen LogP contribution in [0.25, 0.3) is 0 Å². The van der Waals surface area contributed by atoms with E-state index in [0.29, 0.717) is 24.5 Å². The Morgan fingerprint density at radius 3 is 2.63 bits per heavy atom. The molecule has 1 aromatic carbocycles. The Balaban J connectivity index is 1.76. The molecule has 0 saturated carbocycles. The van der Waals surface area contributed by atoms with Gasteiger partial charge in [-0.1, -0.05) is 35.1 Å². The number of aromatic nitrogens is 1. The van der Waals surface area contributed by atoms with Gasteiger partial charge in [0.25, 0.3) is 5.91 Å². The number of amides is 1. The van der Waals surface area contributed by atoms with Crippen molar-refractivity contribution < 1.29 is 23.2 Å². The molecule has 144 valence electrons. The zero-order valence-electron chi connectivity index (χ0n) is 13.8. The number of hydroxylamine groups is 1. The lowest BCUT2D eigenvalue weighted by molar-refractivity contribution is 0.0710. The van der Waals surface area contributed by atoms with E-state index in [1.807, 2.05) is 4.90 Å². The van der Waals surface area contributed by atoms with Crippen LogP contribution in [0.15, 0.2) is 29.3 Å². The Labute approximate surface area is 164 Å². The number of carbonyl (C=O) groups is 2. The highest BCUT2D eigenvalue weighted by Gasteiger charge is 2.32. The number of nitrogens with zero attached hydrogens (tertiary/aromatic N) is 3. The van der Waals surface area contributed by atoms with Crippen LogP contribution in [-0.4, -0.2) is 61.3 Å². The third-order valence-electron chi connectivity index (χ3n) is 4.05. The van der Waals surface area contributed by atoms with Crippen molar-refractivity contribution in [3.63, 3.8) is 0 Å². The van der Waals surface area contributed by atoms with Crippen molar-refractivity contribution >= 4 is 50.3 Å². The van der Waals surface area contributed by atoms with Gasteiger partial charge < -0.3 is 4.90 Å². The van der Waals surface area contributed by atoms with Crippen LogP contribution in [0.4, 0.5) is 5.13 Å². The summed E-state index contributed by atoms with van der Waals surface area (Å²) in [6.45, 7) is 1.06. The number of hydrogen-bond acceptors (Lipinski definition) is 8. The molecule has 0 bridgehead atoms. The van der Waals surface area contributed by atoms with Crippen molar-refractivity contribution in [1.82, 2.24) is 14.8 Å². The average Bonchev–Trinajstić information content (AvgIpc) is 3.17. The Bertz CT molecular complexity index is 970. The highest BCUT2D eigenvalue weighted by Crippen LogP contribution is 2.29. The lowest BCUT2D eigenvalue weighted by atomic mass is 10.2. The van der Waals surface area contributed by atoms with Gasteiger partial charge in [-0.25, -0.2) is 18.9 Å². The number of sulfonamides is 1. The fourth-order valence-corrected chi connectivity index (χ4v) is 5.67. The fourth-order valence-electron chi connectivity index (χ4n) is 2.71. The molecule has 0 aliphatic carbocycles. The molecule has 1 aliphatic rings. The maximum Gasteiger partial charge on any atom is 0.286 e.